The number of aromatic nitrogens is 1. The predicted molar refractivity (Wildman–Crippen MR) is 97.8 cm³/mol. The average Bonchev–Trinajstić information content (AvgIpc) is 2.72. The fourth-order valence-electron chi connectivity index (χ4n) is 3.09. The Hall–Kier alpha value is -3.29. The molecule has 1 fully saturated rings. The number of hydrogen-bond donors (Lipinski definition) is 1. The van der Waals surface area contributed by atoms with Gasteiger partial charge in [-0.3, -0.25) is 24.7 Å². The summed E-state index contributed by atoms with van der Waals surface area (Å²) in [6.45, 7) is 1.41. The molecule has 0 aliphatic carbocycles. The first-order chi connectivity index (χ1) is 13.0. The minimum atomic E-state index is -0.496. The normalized spacial score (nSPS) is 14.6. The predicted octanol–water partition coefficient (Wildman–Crippen LogP) is 2.16. The number of piperidine rings is 1. The monoisotopic (exact) mass is 368 g/mol. The maximum atomic E-state index is 12.5. The van der Waals surface area contributed by atoms with Crippen molar-refractivity contribution in [2.45, 2.75) is 19.4 Å². The van der Waals surface area contributed by atoms with Gasteiger partial charge in [0.1, 0.15) is 0 Å². The number of carbonyl (C=O) groups excluding carboxylic acids is 2. The number of nitrogens with one attached hydrogen (secondary N) is 1. The van der Waals surface area contributed by atoms with Gasteiger partial charge in [-0.2, -0.15) is 0 Å². The van der Waals surface area contributed by atoms with E-state index in [9.17, 15) is 19.7 Å². The molecular weight excluding hydrogens is 348 g/mol. The molecule has 3 rings (SSSR count). The molecule has 1 saturated heterocycles. The number of nitro groups is 1. The Labute approximate surface area is 156 Å². The van der Waals surface area contributed by atoms with Crippen LogP contribution >= 0.6 is 0 Å². The Balaban J connectivity index is 1.49. The van der Waals surface area contributed by atoms with Gasteiger partial charge in [-0.1, -0.05) is 6.07 Å². The zero-order chi connectivity index (χ0) is 19.2. The smallest absolute Gasteiger partial charge is 0.269 e. The number of nitro benzene ring substituents is 1. The Morgan fingerprint density at radius 1 is 1.19 bits per heavy atom. The van der Waals surface area contributed by atoms with E-state index in [1.807, 2.05) is 12.1 Å². The van der Waals surface area contributed by atoms with Crippen LogP contribution in [0, 0.1) is 16.0 Å². The summed E-state index contributed by atoms with van der Waals surface area (Å²) in [6, 6.07) is 9.31. The minimum Gasteiger partial charge on any atom is -0.352 e. The van der Waals surface area contributed by atoms with Crippen molar-refractivity contribution in [1.82, 2.24) is 15.2 Å². The van der Waals surface area contributed by atoms with Crippen molar-refractivity contribution in [2.75, 3.05) is 13.1 Å². The summed E-state index contributed by atoms with van der Waals surface area (Å²) in [5.41, 5.74) is 1.31. The standard InChI is InChI=1S/C19H20N4O4/c24-18(21-13-14-2-1-9-20-12-14)15-7-10-22(11-8-15)19(25)16-3-5-17(6-4-16)23(26)27/h1-6,9,12,15H,7-8,10-11,13H2,(H,21,24). The molecule has 2 heterocycles. The largest absolute Gasteiger partial charge is 0.352 e. The first-order valence-electron chi connectivity index (χ1n) is 8.75. The Morgan fingerprint density at radius 3 is 2.48 bits per heavy atom. The third kappa shape index (κ3) is 4.66. The molecule has 1 aliphatic heterocycles. The molecule has 2 amide bonds. The van der Waals surface area contributed by atoms with E-state index in [0.29, 0.717) is 38.0 Å². The molecule has 0 unspecified atom stereocenters. The Kier molecular flexibility index (Phi) is 5.75. The van der Waals surface area contributed by atoms with E-state index in [2.05, 4.69) is 10.3 Å². The average molecular weight is 368 g/mol. The molecule has 140 valence electrons. The molecule has 1 aliphatic rings. The molecule has 0 bridgehead atoms. The fourth-order valence-corrected chi connectivity index (χ4v) is 3.09. The topological polar surface area (TPSA) is 105 Å². The van der Waals surface area contributed by atoms with Crippen LogP contribution in [0.3, 0.4) is 0 Å². The number of amides is 2. The molecule has 2 aromatic rings. The van der Waals surface area contributed by atoms with Gasteiger partial charge in [-0.25, -0.2) is 0 Å². The molecule has 8 heteroatoms. The maximum absolute atomic E-state index is 12.5. The minimum absolute atomic E-state index is 0.0127. The summed E-state index contributed by atoms with van der Waals surface area (Å²) >= 11 is 0. The number of benzene rings is 1. The molecule has 0 radical (unpaired) electrons. The number of hydrogen-bond acceptors (Lipinski definition) is 5. The van der Waals surface area contributed by atoms with E-state index in [-0.39, 0.29) is 23.4 Å². The van der Waals surface area contributed by atoms with Gasteiger partial charge in [-0.05, 0) is 36.6 Å². The van der Waals surface area contributed by atoms with Gasteiger partial charge < -0.3 is 10.2 Å². The summed E-state index contributed by atoms with van der Waals surface area (Å²) in [5, 5.41) is 13.6. The van der Waals surface area contributed by atoms with Crippen molar-refractivity contribution in [3.05, 3.63) is 70.0 Å². The first kappa shape index (κ1) is 18.5. The van der Waals surface area contributed by atoms with Gasteiger partial charge in [-0.15, -0.1) is 0 Å². The van der Waals surface area contributed by atoms with Crippen molar-refractivity contribution < 1.29 is 14.5 Å². The van der Waals surface area contributed by atoms with Crippen LogP contribution in [0.2, 0.25) is 0 Å². The molecule has 8 nitrogen and oxygen atoms in total. The van der Waals surface area contributed by atoms with Crippen LogP contribution in [0.25, 0.3) is 0 Å². The van der Waals surface area contributed by atoms with Crippen LogP contribution in [-0.2, 0) is 11.3 Å². The molecule has 0 saturated carbocycles. The number of nitrogens with zero attached hydrogens (tertiary/aromatic N) is 3. The molecule has 0 atom stereocenters. The van der Waals surface area contributed by atoms with Gasteiger partial charge in [0.15, 0.2) is 0 Å². The number of carbonyl (C=O) groups is 2. The molecular formula is C19H20N4O4. The molecule has 1 N–H and O–H groups in total. The van der Waals surface area contributed by atoms with E-state index < -0.39 is 4.92 Å². The maximum Gasteiger partial charge on any atom is 0.269 e. The van der Waals surface area contributed by atoms with Crippen LogP contribution < -0.4 is 5.32 Å². The third-order valence-corrected chi connectivity index (χ3v) is 4.67. The quantitative estimate of drug-likeness (QED) is 0.643. The Morgan fingerprint density at radius 2 is 1.89 bits per heavy atom. The van der Waals surface area contributed by atoms with Crippen LogP contribution in [-0.4, -0.2) is 39.7 Å². The lowest BCUT2D eigenvalue weighted by molar-refractivity contribution is -0.384. The number of rotatable bonds is 5. The van der Waals surface area contributed by atoms with Crippen molar-refractivity contribution >= 4 is 17.5 Å². The number of pyridine rings is 1. The van der Waals surface area contributed by atoms with Crippen molar-refractivity contribution in [2.24, 2.45) is 5.92 Å². The van der Waals surface area contributed by atoms with Gasteiger partial charge in [0, 0.05) is 55.6 Å². The van der Waals surface area contributed by atoms with Crippen molar-refractivity contribution in [3.63, 3.8) is 0 Å². The lowest BCUT2D eigenvalue weighted by atomic mass is 9.95. The molecule has 27 heavy (non-hydrogen) atoms. The van der Waals surface area contributed by atoms with Crippen molar-refractivity contribution in [1.29, 1.82) is 0 Å². The van der Waals surface area contributed by atoms with Gasteiger partial charge >= 0.3 is 0 Å². The second kappa shape index (κ2) is 8.39. The van der Waals surface area contributed by atoms with Gasteiger partial charge in [0.2, 0.25) is 5.91 Å². The second-order valence-corrected chi connectivity index (χ2v) is 6.45. The van der Waals surface area contributed by atoms with Crippen LogP contribution in [0.15, 0.2) is 48.8 Å². The number of non-ortho nitro benzene ring substituents is 1. The lowest BCUT2D eigenvalue weighted by Gasteiger charge is -2.31. The van der Waals surface area contributed by atoms with Gasteiger partial charge in [0.25, 0.3) is 11.6 Å². The summed E-state index contributed by atoms with van der Waals surface area (Å²) < 4.78 is 0. The third-order valence-electron chi connectivity index (χ3n) is 4.67. The first-order valence-corrected chi connectivity index (χ1v) is 8.75. The summed E-state index contributed by atoms with van der Waals surface area (Å²) in [7, 11) is 0. The van der Waals surface area contributed by atoms with Crippen molar-refractivity contribution in [3.8, 4) is 0 Å². The highest BCUT2D eigenvalue weighted by Crippen LogP contribution is 2.20. The number of likely N-dealkylation sites (tertiary alicyclic amines) is 1. The fraction of sp³-hybridized carbons (Fsp3) is 0.316. The zero-order valence-electron chi connectivity index (χ0n) is 14.7. The highest BCUT2D eigenvalue weighted by Gasteiger charge is 2.27. The molecule has 0 spiro atoms. The van der Waals surface area contributed by atoms with E-state index in [0.717, 1.165) is 5.56 Å². The van der Waals surface area contributed by atoms with E-state index in [4.69, 9.17) is 0 Å². The summed E-state index contributed by atoms with van der Waals surface area (Å²) in [5.74, 6) is -0.303. The Bertz CT molecular complexity index is 815. The summed E-state index contributed by atoms with van der Waals surface area (Å²) in [4.78, 5) is 40.7. The van der Waals surface area contributed by atoms with Crippen LogP contribution in [0.5, 0.6) is 0 Å². The SMILES string of the molecule is O=C(NCc1cccnc1)C1CCN(C(=O)c2ccc([N+](=O)[O-])cc2)CC1. The highest BCUT2D eigenvalue weighted by molar-refractivity contribution is 5.94. The lowest BCUT2D eigenvalue weighted by Crippen LogP contribution is -2.42. The van der Waals surface area contributed by atoms with E-state index in [1.54, 1.807) is 17.3 Å². The summed E-state index contributed by atoms with van der Waals surface area (Å²) in [6.07, 6.45) is 4.59. The van der Waals surface area contributed by atoms with E-state index >= 15 is 0 Å². The highest BCUT2D eigenvalue weighted by atomic mass is 16.6. The molecule has 1 aromatic heterocycles. The molecule has 1 aromatic carbocycles. The second-order valence-electron chi connectivity index (χ2n) is 6.45. The van der Waals surface area contributed by atoms with E-state index in [1.165, 1.54) is 24.3 Å². The van der Waals surface area contributed by atoms with Crippen LogP contribution in [0.4, 0.5) is 5.69 Å². The zero-order valence-corrected chi connectivity index (χ0v) is 14.7. The van der Waals surface area contributed by atoms with Gasteiger partial charge in [0.05, 0.1) is 4.92 Å². The van der Waals surface area contributed by atoms with Crippen LogP contribution in [0.1, 0.15) is 28.8 Å².